The lowest BCUT2D eigenvalue weighted by atomic mass is 9.73. The Morgan fingerprint density at radius 1 is 0.750 bits per heavy atom. The Morgan fingerprint density at radius 2 is 1.38 bits per heavy atom. The maximum absolute atomic E-state index is 6.41. The predicted molar refractivity (Wildman–Crippen MR) is 209 cm³/mol. The zero-order valence-electron chi connectivity index (χ0n) is 31.4. The van der Waals surface area contributed by atoms with E-state index in [1.54, 1.807) is 16.7 Å². The fourth-order valence-electron chi connectivity index (χ4n) is 9.87. The van der Waals surface area contributed by atoms with Crippen LogP contribution in [0.2, 0.25) is 13.1 Å². The number of methoxy groups -OCH3 is 1. The summed E-state index contributed by atoms with van der Waals surface area (Å²) in [5.41, 5.74) is 24.1. The van der Waals surface area contributed by atoms with Crippen LogP contribution >= 0.6 is 0 Å². The smallest absolute Gasteiger partial charge is 0.131 e. The summed E-state index contributed by atoms with van der Waals surface area (Å²) in [7, 11) is 0.950. The molecule has 0 fully saturated rings. The lowest BCUT2D eigenvalue weighted by Gasteiger charge is -2.44. The molecular weight excluding hydrogens is 597 g/mol. The van der Waals surface area contributed by atoms with E-state index in [4.69, 9.17) is 4.74 Å². The van der Waals surface area contributed by atoms with Gasteiger partial charge in [0.15, 0.2) is 0 Å². The number of rotatable bonds is 5. The highest BCUT2D eigenvalue weighted by Gasteiger charge is 2.53. The van der Waals surface area contributed by atoms with Gasteiger partial charge in [0.25, 0.3) is 0 Å². The van der Waals surface area contributed by atoms with E-state index in [9.17, 15) is 0 Å². The molecule has 0 amide bonds. The summed E-state index contributed by atoms with van der Waals surface area (Å²) >= 11 is 0. The molecule has 247 valence electrons. The minimum atomic E-state index is -0.914. The van der Waals surface area contributed by atoms with Crippen molar-refractivity contribution in [1.29, 1.82) is 0 Å². The van der Waals surface area contributed by atoms with E-state index in [1.807, 2.05) is 7.11 Å². The first-order valence-corrected chi connectivity index (χ1v) is 20.5. The Kier molecular flexibility index (Phi) is 7.87. The number of allylic oxidation sites excluding steroid dienone is 2. The topological polar surface area (TPSA) is 9.23 Å². The van der Waals surface area contributed by atoms with Gasteiger partial charge in [0.1, 0.15) is 5.75 Å². The third kappa shape index (κ3) is 4.69. The maximum atomic E-state index is 6.41. The Bertz CT molecular complexity index is 2060. The average Bonchev–Trinajstić information content (AvgIpc) is 3.68. The second-order valence-electron chi connectivity index (χ2n) is 16.4. The quantitative estimate of drug-likeness (QED) is 0.196. The third-order valence-electron chi connectivity index (χ3n) is 11.9. The standard InChI is InChI=1S/C46H53OSi/c1-26-16-18-33(28(3)20-26)41-35-15-13-14-32(35)24-39-38(41)23-31(6)46(39,48(11)12)43-30(5)22-36-37(43)25-40(45(7,8)9)44(47-10)42(36)34-19-17-27(2)21-29(34)4/h16-25,43H,13-15H2,1-12H3. The normalized spacial score (nSPS) is 19.7. The summed E-state index contributed by atoms with van der Waals surface area (Å²) < 4.78 is 6.41. The van der Waals surface area contributed by atoms with Gasteiger partial charge < -0.3 is 4.74 Å². The van der Waals surface area contributed by atoms with E-state index < -0.39 is 8.80 Å². The summed E-state index contributed by atoms with van der Waals surface area (Å²) in [6.07, 6.45) is 8.76. The molecule has 3 aliphatic rings. The van der Waals surface area contributed by atoms with Crippen LogP contribution < -0.4 is 4.74 Å². The van der Waals surface area contributed by atoms with Crippen molar-refractivity contribution in [1.82, 2.24) is 0 Å². The van der Waals surface area contributed by atoms with E-state index in [0.29, 0.717) is 0 Å². The van der Waals surface area contributed by atoms with Crippen LogP contribution in [0.25, 0.3) is 34.4 Å². The Balaban J connectivity index is 1.57. The first-order valence-electron chi connectivity index (χ1n) is 18.0. The van der Waals surface area contributed by atoms with Crippen LogP contribution in [0.15, 0.2) is 59.7 Å². The van der Waals surface area contributed by atoms with Gasteiger partial charge in [0.2, 0.25) is 0 Å². The Labute approximate surface area is 291 Å². The number of ether oxygens (including phenoxy) is 1. The third-order valence-corrected chi connectivity index (χ3v) is 14.4. The van der Waals surface area contributed by atoms with Crippen molar-refractivity contribution < 1.29 is 4.74 Å². The van der Waals surface area contributed by atoms with Crippen molar-refractivity contribution >= 4 is 20.9 Å². The molecule has 3 aliphatic carbocycles. The zero-order valence-corrected chi connectivity index (χ0v) is 32.4. The molecule has 2 atom stereocenters. The number of hydrogen-bond acceptors (Lipinski definition) is 1. The van der Waals surface area contributed by atoms with Gasteiger partial charge in [0, 0.05) is 22.1 Å². The van der Waals surface area contributed by atoms with Crippen LogP contribution in [0, 0.1) is 27.7 Å². The highest BCUT2D eigenvalue weighted by Crippen LogP contribution is 2.62. The van der Waals surface area contributed by atoms with Gasteiger partial charge in [-0.1, -0.05) is 117 Å². The zero-order chi connectivity index (χ0) is 34.4. The van der Waals surface area contributed by atoms with E-state index in [2.05, 4.69) is 136 Å². The molecule has 1 radical (unpaired) electrons. The van der Waals surface area contributed by atoms with Crippen molar-refractivity contribution in [2.24, 2.45) is 0 Å². The van der Waals surface area contributed by atoms with Crippen molar-refractivity contribution in [2.45, 2.75) is 111 Å². The van der Waals surface area contributed by atoms with Gasteiger partial charge in [-0.3, -0.25) is 0 Å². The molecule has 1 nitrogen and oxygen atoms in total. The molecule has 0 aromatic heterocycles. The Morgan fingerprint density at radius 3 is 1.94 bits per heavy atom. The summed E-state index contributed by atoms with van der Waals surface area (Å²) in [4.78, 5) is 0. The molecule has 2 unspecified atom stereocenters. The average molecular weight is 650 g/mol. The predicted octanol–water partition coefficient (Wildman–Crippen LogP) is 12.2. The Hall–Kier alpha value is -3.62. The minimum Gasteiger partial charge on any atom is -0.496 e. The molecule has 0 aliphatic heterocycles. The van der Waals surface area contributed by atoms with Crippen molar-refractivity contribution in [2.75, 3.05) is 7.11 Å². The molecule has 0 saturated carbocycles. The van der Waals surface area contributed by atoms with Gasteiger partial charge in [-0.2, -0.15) is 0 Å². The monoisotopic (exact) mass is 649 g/mol. The highest BCUT2D eigenvalue weighted by atomic mass is 28.3. The largest absolute Gasteiger partial charge is 0.496 e. The lowest BCUT2D eigenvalue weighted by molar-refractivity contribution is 0.398. The van der Waals surface area contributed by atoms with E-state index >= 15 is 0 Å². The number of fused-ring (bicyclic) bond motifs is 3. The second-order valence-corrected chi connectivity index (χ2v) is 19.2. The van der Waals surface area contributed by atoms with Gasteiger partial charge in [-0.25, -0.2) is 0 Å². The molecule has 0 heterocycles. The van der Waals surface area contributed by atoms with Crippen LogP contribution in [0.5, 0.6) is 5.75 Å². The fraction of sp³-hybridized carbons (Fsp3) is 0.391. The molecule has 0 bridgehead atoms. The SMILES string of the molecule is COc1c(C(C)(C)C)cc2c(c1-c1ccc(C)cc1C)C=C(C)C2C1([Si](C)C)C(C)=Cc2c1cc1c(c2-c2ccc(C)cc2C)CCC1. The molecule has 4 aromatic rings. The molecule has 4 aromatic carbocycles. The number of aryl methyl sites for hydroxylation is 5. The van der Waals surface area contributed by atoms with Crippen LogP contribution in [0.3, 0.4) is 0 Å². The van der Waals surface area contributed by atoms with Crippen LogP contribution in [-0.2, 0) is 23.3 Å². The van der Waals surface area contributed by atoms with Crippen LogP contribution in [0.1, 0.15) is 108 Å². The molecule has 0 saturated heterocycles. The van der Waals surface area contributed by atoms with E-state index in [0.717, 1.165) is 5.75 Å². The number of benzene rings is 4. The minimum absolute atomic E-state index is 0.0554. The first kappa shape index (κ1) is 32.9. The highest BCUT2D eigenvalue weighted by molar-refractivity contribution is 6.61. The summed E-state index contributed by atoms with van der Waals surface area (Å²) in [6.45, 7) is 26.0. The molecular formula is C46H53OSi. The lowest BCUT2D eigenvalue weighted by Crippen LogP contribution is -2.45. The van der Waals surface area contributed by atoms with Gasteiger partial charge in [-0.15, -0.1) is 0 Å². The summed E-state index contributed by atoms with van der Waals surface area (Å²) in [5.74, 6) is 1.30. The van der Waals surface area contributed by atoms with Gasteiger partial charge >= 0.3 is 0 Å². The van der Waals surface area contributed by atoms with Crippen molar-refractivity contribution in [3.63, 3.8) is 0 Å². The summed E-state index contributed by atoms with van der Waals surface area (Å²) in [5, 5.41) is -0.0554. The molecule has 0 N–H and O–H groups in total. The van der Waals surface area contributed by atoms with Crippen LogP contribution in [0.4, 0.5) is 0 Å². The van der Waals surface area contributed by atoms with Crippen molar-refractivity contribution in [3.8, 4) is 28.0 Å². The maximum Gasteiger partial charge on any atom is 0.131 e. The fourth-order valence-corrected chi connectivity index (χ4v) is 12.4. The van der Waals surface area contributed by atoms with Crippen molar-refractivity contribution in [3.05, 3.63) is 121 Å². The molecule has 7 rings (SSSR count). The van der Waals surface area contributed by atoms with E-state index in [-0.39, 0.29) is 16.4 Å². The molecule has 2 heteroatoms. The van der Waals surface area contributed by atoms with Gasteiger partial charge in [0.05, 0.1) is 15.9 Å². The van der Waals surface area contributed by atoms with Crippen LogP contribution in [-0.4, -0.2) is 15.9 Å². The second kappa shape index (κ2) is 11.5. The van der Waals surface area contributed by atoms with E-state index in [1.165, 1.54) is 97.2 Å². The van der Waals surface area contributed by atoms with Gasteiger partial charge in [-0.05, 0) is 127 Å². The first-order chi connectivity index (χ1) is 22.7. The molecule has 48 heavy (non-hydrogen) atoms. The summed E-state index contributed by atoms with van der Waals surface area (Å²) in [6, 6.07) is 19.2. The molecule has 0 spiro atoms. The number of hydrogen-bond donors (Lipinski definition) is 0.